The summed E-state index contributed by atoms with van der Waals surface area (Å²) in [5, 5.41) is 2.86. The fourth-order valence-electron chi connectivity index (χ4n) is 4.90. The molecule has 8 nitrogen and oxygen atoms in total. The van der Waals surface area contributed by atoms with E-state index in [0.29, 0.717) is 25.0 Å². The number of hydrogen-bond acceptors (Lipinski definition) is 6. The number of rotatable bonds is 9. The van der Waals surface area contributed by atoms with Gasteiger partial charge in [0.1, 0.15) is 6.10 Å². The third kappa shape index (κ3) is 9.58. The van der Waals surface area contributed by atoms with E-state index in [0.717, 1.165) is 18.4 Å². The molecule has 0 aromatic rings. The first-order valence-corrected chi connectivity index (χ1v) is 13.5. The summed E-state index contributed by atoms with van der Waals surface area (Å²) in [6.07, 6.45) is 13.9. The third-order valence-corrected chi connectivity index (χ3v) is 7.25. The van der Waals surface area contributed by atoms with Gasteiger partial charge in [-0.2, -0.15) is 0 Å². The Morgan fingerprint density at radius 1 is 1.14 bits per heavy atom. The fraction of sp³-hybridized carbons (Fsp3) is 0.724. The quantitative estimate of drug-likeness (QED) is 0.345. The Kier molecular flexibility index (Phi) is 10.0. The molecule has 0 radical (unpaired) electrons. The lowest BCUT2D eigenvalue weighted by atomic mass is 9.82. The number of ether oxygens (including phenoxy) is 4. The maximum Gasteiger partial charge on any atom is 0.410 e. The van der Waals surface area contributed by atoms with Gasteiger partial charge in [-0.25, -0.2) is 4.79 Å². The lowest BCUT2D eigenvalue weighted by Crippen LogP contribution is -2.46. The van der Waals surface area contributed by atoms with Crippen LogP contribution in [0.3, 0.4) is 0 Å². The van der Waals surface area contributed by atoms with E-state index < -0.39 is 12.2 Å². The monoisotopic (exact) mass is 518 g/mol. The van der Waals surface area contributed by atoms with E-state index in [-0.39, 0.29) is 36.0 Å². The van der Waals surface area contributed by atoms with Gasteiger partial charge in [0.2, 0.25) is 5.91 Å². The van der Waals surface area contributed by atoms with Crippen LogP contribution in [0.1, 0.15) is 73.6 Å². The first-order chi connectivity index (χ1) is 17.4. The highest BCUT2D eigenvalue weighted by Crippen LogP contribution is 2.58. The van der Waals surface area contributed by atoms with Crippen LogP contribution in [0.2, 0.25) is 0 Å². The summed E-state index contributed by atoms with van der Waals surface area (Å²) >= 11 is 0. The zero-order chi connectivity index (χ0) is 27.2. The van der Waals surface area contributed by atoms with Crippen molar-refractivity contribution in [3.05, 3.63) is 36.0 Å². The first-order valence-electron chi connectivity index (χ1n) is 13.5. The zero-order valence-corrected chi connectivity index (χ0v) is 23.6. The first kappa shape index (κ1) is 29.4. The number of nitrogens with zero attached hydrogens (tertiary/aromatic N) is 1. The Labute approximate surface area is 222 Å². The third-order valence-electron chi connectivity index (χ3n) is 7.25. The van der Waals surface area contributed by atoms with Gasteiger partial charge in [-0.05, 0) is 78.7 Å². The predicted octanol–water partition coefficient (Wildman–Crippen LogP) is 4.90. The molecule has 1 spiro atoms. The van der Waals surface area contributed by atoms with E-state index in [2.05, 4.69) is 44.3 Å². The van der Waals surface area contributed by atoms with E-state index in [1.165, 1.54) is 23.8 Å². The van der Waals surface area contributed by atoms with Crippen LogP contribution in [0.15, 0.2) is 36.0 Å². The van der Waals surface area contributed by atoms with Gasteiger partial charge < -0.3 is 29.2 Å². The number of hydrogen-bond donors (Lipinski definition) is 1. The summed E-state index contributed by atoms with van der Waals surface area (Å²) in [4.78, 5) is 25.7. The topological polar surface area (TPSA) is 86.3 Å². The number of allylic oxidation sites excluding steroid dienone is 2. The van der Waals surface area contributed by atoms with E-state index >= 15 is 0 Å². The number of carbonyl (C=O) groups excluding carboxylic acids is 2. The molecule has 0 aromatic carbocycles. The van der Waals surface area contributed by atoms with Gasteiger partial charge in [0.05, 0.1) is 31.0 Å². The average Bonchev–Trinajstić information content (AvgIpc) is 3.56. The Hall–Kier alpha value is -2.16. The molecule has 2 atom stereocenters. The Bertz CT molecular complexity index is 875. The summed E-state index contributed by atoms with van der Waals surface area (Å²) in [7, 11) is 1.68. The molecule has 3 rings (SSSR count). The van der Waals surface area contributed by atoms with Crippen molar-refractivity contribution in [3.63, 3.8) is 0 Å². The number of nitrogens with one attached hydrogen (secondary N) is 1. The molecule has 2 heterocycles. The maximum absolute atomic E-state index is 12.2. The highest BCUT2D eigenvalue weighted by molar-refractivity contribution is 5.87. The van der Waals surface area contributed by atoms with Crippen LogP contribution in [-0.4, -0.2) is 73.3 Å². The SMILES string of the molecule is CC(/C=C/[C@@H]1CC2(CC2)CC(C)(C)O1)=C\C[C@H]1OC[C@@H](NC(=O)/C=C\[C@H](C)OC(=O)N(C)C(C)C)CO1. The van der Waals surface area contributed by atoms with Crippen LogP contribution >= 0.6 is 0 Å². The molecule has 208 valence electrons. The molecular formula is C29H46N2O6. The van der Waals surface area contributed by atoms with Gasteiger partial charge in [0.25, 0.3) is 0 Å². The molecule has 1 aliphatic carbocycles. The van der Waals surface area contributed by atoms with Crippen LogP contribution in [0, 0.1) is 5.41 Å². The minimum Gasteiger partial charge on any atom is -0.442 e. The van der Waals surface area contributed by atoms with Crippen molar-refractivity contribution in [3.8, 4) is 0 Å². The smallest absolute Gasteiger partial charge is 0.410 e. The van der Waals surface area contributed by atoms with Gasteiger partial charge >= 0.3 is 6.09 Å². The molecule has 37 heavy (non-hydrogen) atoms. The van der Waals surface area contributed by atoms with Crippen LogP contribution < -0.4 is 5.32 Å². The van der Waals surface area contributed by atoms with Crippen molar-refractivity contribution in [2.45, 2.75) is 110 Å². The van der Waals surface area contributed by atoms with E-state index in [1.807, 2.05) is 13.8 Å². The normalized spacial score (nSPS) is 28.0. The van der Waals surface area contributed by atoms with Crippen LogP contribution in [0.5, 0.6) is 0 Å². The minimum atomic E-state index is -0.516. The van der Waals surface area contributed by atoms with Crippen LogP contribution in [-0.2, 0) is 23.7 Å². The van der Waals surface area contributed by atoms with Gasteiger partial charge in [0.15, 0.2) is 6.29 Å². The highest BCUT2D eigenvalue weighted by Gasteiger charge is 2.51. The summed E-state index contributed by atoms with van der Waals surface area (Å²) < 4.78 is 23.2. The largest absolute Gasteiger partial charge is 0.442 e. The second kappa shape index (κ2) is 12.6. The molecule has 0 aromatic heterocycles. The van der Waals surface area contributed by atoms with Gasteiger partial charge in [-0.15, -0.1) is 0 Å². The summed E-state index contributed by atoms with van der Waals surface area (Å²) in [5.41, 5.74) is 1.61. The van der Waals surface area contributed by atoms with Gasteiger partial charge in [-0.3, -0.25) is 4.79 Å². The summed E-state index contributed by atoms with van der Waals surface area (Å²) in [6, 6.07) is -0.193. The predicted molar refractivity (Wildman–Crippen MR) is 143 cm³/mol. The van der Waals surface area contributed by atoms with Gasteiger partial charge in [0, 0.05) is 25.6 Å². The Morgan fingerprint density at radius 2 is 1.81 bits per heavy atom. The molecule has 0 bridgehead atoms. The van der Waals surface area contributed by atoms with Crippen molar-refractivity contribution < 1.29 is 28.5 Å². The standard InChI is InChI=1S/C29H46N2O6/c1-20(2)31(7)27(33)36-22(4)10-12-25(32)30-23-17-34-26(35-18-23)13-9-21(3)8-11-24-16-29(14-15-29)19-28(5,6)37-24/h8-12,20,22-24,26H,13-19H2,1-7H3,(H,30,32)/b11-8+,12-10-,21-9+/t22-,23-,24+,26+/m0/s1. The lowest BCUT2D eigenvalue weighted by Gasteiger charge is -2.40. The Balaban J connectivity index is 1.34. The lowest BCUT2D eigenvalue weighted by molar-refractivity contribution is -0.187. The van der Waals surface area contributed by atoms with Crippen molar-refractivity contribution in [1.82, 2.24) is 10.2 Å². The molecule has 1 saturated carbocycles. The van der Waals surface area contributed by atoms with Crippen molar-refractivity contribution in [1.29, 1.82) is 0 Å². The maximum atomic E-state index is 12.2. The van der Waals surface area contributed by atoms with Crippen molar-refractivity contribution in [2.75, 3.05) is 20.3 Å². The fourth-order valence-corrected chi connectivity index (χ4v) is 4.90. The molecule has 2 aliphatic heterocycles. The van der Waals surface area contributed by atoms with Crippen LogP contribution in [0.4, 0.5) is 4.79 Å². The second-order valence-corrected chi connectivity index (χ2v) is 11.8. The molecular weight excluding hydrogens is 472 g/mol. The second-order valence-electron chi connectivity index (χ2n) is 11.8. The van der Waals surface area contributed by atoms with E-state index in [1.54, 1.807) is 20.0 Å². The van der Waals surface area contributed by atoms with Crippen molar-refractivity contribution in [2.24, 2.45) is 5.41 Å². The molecule has 2 saturated heterocycles. The number of carbonyl (C=O) groups is 2. The van der Waals surface area contributed by atoms with Gasteiger partial charge in [-0.1, -0.05) is 23.8 Å². The molecule has 2 amide bonds. The van der Waals surface area contributed by atoms with E-state index in [4.69, 9.17) is 18.9 Å². The van der Waals surface area contributed by atoms with Crippen LogP contribution in [0.25, 0.3) is 0 Å². The minimum absolute atomic E-state index is 0.0385. The summed E-state index contributed by atoms with van der Waals surface area (Å²) in [6.45, 7) is 12.7. The molecule has 0 unspecified atom stereocenters. The molecule has 1 N–H and O–H groups in total. The zero-order valence-electron chi connectivity index (χ0n) is 23.6. The molecule has 3 fully saturated rings. The van der Waals surface area contributed by atoms with E-state index in [9.17, 15) is 9.59 Å². The van der Waals surface area contributed by atoms with Crippen molar-refractivity contribution >= 4 is 12.0 Å². The molecule has 8 heteroatoms. The average molecular weight is 519 g/mol. The highest BCUT2D eigenvalue weighted by atomic mass is 16.7. The summed E-state index contributed by atoms with van der Waals surface area (Å²) in [5.74, 6) is -0.280. The number of amides is 2. The molecule has 3 aliphatic rings. The Morgan fingerprint density at radius 3 is 2.43 bits per heavy atom.